The fraction of sp³-hybridized carbons (Fsp3) is 0.125. The van der Waals surface area contributed by atoms with Gasteiger partial charge in [-0.15, -0.1) is 0 Å². The monoisotopic (exact) mass is 332 g/mol. The summed E-state index contributed by atoms with van der Waals surface area (Å²) in [4.78, 5) is 24.3. The molecule has 0 aliphatic rings. The van der Waals surface area contributed by atoms with Crippen LogP contribution in [0.25, 0.3) is 0 Å². The van der Waals surface area contributed by atoms with E-state index in [1.807, 2.05) is 6.07 Å². The number of ketones is 1. The van der Waals surface area contributed by atoms with Crippen molar-refractivity contribution in [1.82, 2.24) is 0 Å². The van der Waals surface area contributed by atoms with E-state index in [0.717, 1.165) is 5.56 Å². The lowest BCUT2D eigenvalue weighted by Crippen LogP contribution is -2.12. The maximum atomic E-state index is 12.5. The molecule has 0 atom stereocenters. The maximum absolute atomic E-state index is 12.5. The smallest absolute Gasteiger partial charge is 0.338 e. The van der Waals surface area contributed by atoms with Gasteiger partial charge in [-0.2, -0.15) is 0 Å². The molecule has 0 spiro atoms. The number of benzene rings is 2. The summed E-state index contributed by atoms with van der Waals surface area (Å²) in [5.41, 5.74) is 2.12. The predicted molar refractivity (Wildman–Crippen MR) is 80.3 cm³/mol. The first-order valence-corrected chi connectivity index (χ1v) is 7.16. The number of halogens is 1. The third-order valence-corrected chi connectivity index (χ3v) is 3.57. The van der Waals surface area contributed by atoms with Crippen molar-refractivity contribution >= 4 is 27.7 Å². The van der Waals surface area contributed by atoms with Crippen molar-refractivity contribution < 1.29 is 14.3 Å². The molecule has 2 aromatic carbocycles. The zero-order chi connectivity index (χ0) is 14.5. The summed E-state index contributed by atoms with van der Waals surface area (Å²) in [6.07, 6.45) is 0. The Hall–Kier alpha value is -1.94. The number of hydrogen-bond donors (Lipinski definition) is 0. The molecule has 0 heterocycles. The van der Waals surface area contributed by atoms with Crippen LogP contribution in [0.1, 0.15) is 31.8 Å². The molecular formula is C16H13BrO3. The Labute approximate surface area is 125 Å². The summed E-state index contributed by atoms with van der Waals surface area (Å²) in [7, 11) is 1.30. The SMILES string of the molecule is COC(=O)c1ccc(CBr)cc1C(=O)c1ccccc1. The van der Waals surface area contributed by atoms with Gasteiger partial charge in [-0.25, -0.2) is 4.79 Å². The van der Waals surface area contributed by atoms with Gasteiger partial charge in [0.1, 0.15) is 0 Å². The zero-order valence-electron chi connectivity index (χ0n) is 10.9. The summed E-state index contributed by atoms with van der Waals surface area (Å²) in [6.45, 7) is 0. The third-order valence-electron chi connectivity index (χ3n) is 2.92. The van der Waals surface area contributed by atoms with Crippen molar-refractivity contribution in [3.05, 3.63) is 70.8 Å². The minimum Gasteiger partial charge on any atom is -0.465 e. The average molecular weight is 333 g/mol. The van der Waals surface area contributed by atoms with E-state index in [-0.39, 0.29) is 11.3 Å². The summed E-state index contributed by atoms with van der Waals surface area (Å²) in [6, 6.07) is 14.0. The zero-order valence-corrected chi connectivity index (χ0v) is 12.5. The Morgan fingerprint density at radius 3 is 2.35 bits per heavy atom. The molecule has 20 heavy (non-hydrogen) atoms. The van der Waals surface area contributed by atoms with Gasteiger partial charge in [0.2, 0.25) is 0 Å². The summed E-state index contributed by atoms with van der Waals surface area (Å²) < 4.78 is 4.73. The van der Waals surface area contributed by atoms with Crippen LogP contribution in [0.5, 0.6) is 0 Å². The van der Waals surface area contributed by atoms with Gasteiger partial charge >= 0.3 is 5.97 Å². The molecule has 102 valence electrons. The van der Waals surface area contributed by atoms with E-state index < -0.39 is 5.97 Å². The number of alkyl halides is 1. The number of carbonyl (C=O) groups is 2. The minimum atomic E-state index is -0.509. The van der Waals surface area contributed by atoms with E-state index >= 15 is 0 Å². The Kier molecular flexibility index (Phi) is 4.69. The third kappa shape index (κ3) is 2.96. The van der Waals surface area contributed by atoms with Crippen LogP contribution in [0.15, 0.2) is 48.5 Å². The van der Waals surface area contributed by atoms with Gasteiger partial charge in [0.15, 0.2) is 5.78 Å². The Bertz CT molecular complexity index is 635. The molecule has 2 aromatic rings. The highest BCUT2D eigenvalue weighted by atomic mass is 79.9. The van der Waals surface area contributed by atoms with Crippen LogP contribution in [-0.2, 0) is 10.1 Å². The number of rotatable bonds is 4. The highest BCUT2D eigenvalue weighted by molar-refractivity contribution is 9.08. The largest absolute Gasteiger partial charge is 0.465 e. The van der Waals surface area contributed by atoms with Crippen molar-refractivity contribution in [2.45, 2.75) is 5.33 Å². The molecular weight excluding hydrogens is 320 g/mol. The lowest BCUT2D eigenvalue weighted by Gasteiger charge is -2.09. The normalized spacial score (nSPS) is 10.1. The van der Waals surface area contributed by atoms with Crippen molar-refractivity contribution in [2.24, 2.45) is 0 Å². The summed E-state index contributed by atoms with van der Waals surface area (Å²) in [5.74, 6) is -0.695. The van der Waals surface area contributed by atoms with Crippen LogP contribution < -0.4 is 0 Å². The number of esters is 1. The van der Waals surface area contributed by atoms with Gasteiger partial charge < -0.3 is 4.74 Å². The summed E-state index contributed by atoms with van der Waals surface area (Å²) >= 11 is 3.35. The van der Waals surface area contributed by atoms with Gasteiger partial charge in [0.25, 0.3) is 0 Å². The molecule has 0 aromatic heterocycles. The van der Waals surface area contributed by atoms with Crippen molar-refractivity contribution in [3.63, 3.8) is 0 Å². The highest BCUT2D eigenvalue weighted by Crippen LogP contribution is 2.19. The van der Waals surface area contributed by atoms with Gasteiger partial charge in [0, 0.05) is 16.5 Å². The topological polar surface area (TPSA) is 43.4 Å². The highest BCUT2D eigenvalue weighted by Gasteiger charge is 2.19. The second-order valence-electron chi connectivity index (χ2n) is 4.20. The first-order valence-electron chi connectivity index (χ1n) is 6.04. The first-order chi connectivity index (χ1) is 9.67. The molecule has 4 heteroatoms. The fourth-order valence-electron chi connectivity index (χ4n) is 1.90. The second-order valence-corrected chi connectivity index (χ2v) is 4.76. The van der Waals surface area contributed by atoms with Gasteiger partial charge in [-0.1, -0.05) is 52.3 Å². The fourth-order valence-corrected chi connectivity index (χ4v) is 2.24. The molecule has 0 aliphatic heterocycles. The molecule has 0 bridgehead atoms. The molecule has 0 aliphatic carbocycles. The maximum Gasteiger partial charge on any atom is 0.338 e. The molecule has 0 N–H and O–H groups in total. The molecule has 0 fully saturated rings. The van der Waals surface area contributed by atoms with Gasteiger partial charge in [-0.3, -0.25) is 4.79 Å². The Morgan fingerprint density at radius 1 is 1.05 bits per heavy atom. The lowest BCUT2D eigenvalue weighted by atomic mass is 9.96. The van der Waals surface area contributed by atoms with Crippen LogP contribution in [0, 0.1) is 0 Å². The van der Waals surface area contributed by atoms with E-state index in [9.17, 15) is 9.59 Å². The van der Waals surface area contributed by atoms with E-state index in [1.54, 1.807) is 42.5 Å². The van der Waals surface area contributed by atoms with Crippen LogP contribution in [0.4, 0.5) is 0 Å². The average Bonchev–Trinajstić information content (AvgIpc) is 2.53. The molecule has 0 unspecified atom stereocenters. The van der Waals surface area contributed by atoms with E-state index in [4.69, 9.17) is 4.74 Å². The summed E-state index contributed by atoms with van der Waals surface area (Å²) in [5, 5.41) is 0.615. The van der Waals surface area contributed by atoms with Crippen LogP contribution >= 0.6 is 15.9 Å². The minimum absolute atomic E-state index is 0.186. The molecule has 0 amide bonds. The van der Waals surface area contributed by atoms with Gasteiger partial charge in [-0.05, 0) is 17.7 Å². The van der Waals surface area contributed by atoms with E-state index in [2.05, 4.69) is 15.9 Å². The number of methoxy groups -OCH3 is 1. The van der Waals surface area contributed by atoms with E-state index in [0.29, 0.717) is 16.5 Å². The van der Waals surface area contributed by atoms with Crippen LogP contribution in [0.3, 0.4) is 0 Å². The lowest BCUT2D eigenvalue weighted by molar-refractivity contribution is 0.0597. The molecule has 0 saturated carbocycles. The van der Waals surface area contributed by atoms with Crippen molar-refractivity contribution in [3.8, 4) is 0 Å². The van der Waals surface area contributed by atoms with Crippen molar-refractivity contribution in [1.29, 1.82) is 0 Å². The number of carbonyl (C=O) groups excluding carboxylic acids is 2. The standard InChI is InChI=1S/C16H13BrO3/c1-20-16(19)13-8-7-11(10-17)9-14(13)15(18)12-5-3-2-4-6-12/h2-9H,10H2,1H3. The molecule has 0 radical (unpaired) electrons. The number of ether oxygens (including phenoxy) is 1. The second kappa shape index (κ2) is 6.48. The molecule has 0 saturated heterocycles. The van der Waals surface area contributed by atoms with E-state index in [1.165, 1.54) is 7.11 Å². The quantitative estimate of drug-likeness (QED) is 0.488. The Morgan fingerprint density at radius 2 is 1.75 bits per heavy atom. The van der Waals surface area contributed by atoms with Crippen LogP contribution in [0.2, 0.25) is 0 Å². The van der Waals surface area contributed by atoms with Crippen molar-refractivity contribution in [2.75, 3.05) is 7.11 Å². The molecule has 3 nitrogen and oxygen atoms in total. The Balaban J connectivity index is 2.53. The number of hydrogen-bond acceptors (Lipinski definition) is 3. The predicted octanol–water partition coefficient (Wildman–Crippen LogP) is 3.60. The van der Waals surface area contributed by atoms with Crippen LogP contribution in [-0.4, -0.2) is 18.9 Å². The van der Waals surface area contributed by atoms with Gasteiger partial charge in [0.05, 0.1) is 12.7 Å². The first kappa shape index (κ1) is 14.5. The molecule has 2 rings (SSSR count).